The summed E-state index contributed by atoms with van der Waals surface area (Å²) in [5, 5.41) is 3.64. The number of hydrogen-bond donors (Lipinski definition) is 0. The van der Waals surface area contributed by atoms with Gasteiger partial charge in [-0.15, -0.1) is 4.33 Å². The van der Waals surface area contributed by atoms with E-state index in [0.717, 1.165) is 11.1 Å². The minimum absolute atomic E-state index is 0.0197. The van der Waals surface area contributed by atoms with Crippen molar-refractivity contribution in [2.75, 3.05) is 25.4 Å². The zero-order chi connectivity index (χ0) is 28.6. The van der Waals surface area contributed by atoms with Gasteiger partial charge < -0.3 is 23.1 Å². The van der Waals surface area contributed by atoms with Crippen LogP contribution in [0.1, 0.15) is 25.0 Å². The van der Waals surface area contributed by atoms with E-state index in [-0.39, 0.29) is 17.2 Å². The molecule has 0 aliphatic heterocycles. The first-order valence-corrected chi connectivity index (χ1v) is 15.0. The van der Waals surface area contributed by atoms with Crippen molar-refractivity contribution in [1.29, 1.82) is 0 Å². The molecule has 2 unspecified atom stereocenters. The zero-order valence-corrected chi connectivity index (χ0v) is 24.2. The van der Waals surface area contributed by atoms with Crippen LogP contribution in [0.4, 0.5) is 0 Å². The molecule has 0 heterocycles. The number of benzene rings is 3. The molecule has 0 saturated heterocycles. The SMILES string of the molecule is COOOSCS(=O)(=O)Oc1cc(OC(C)OCCc2ccccc2)cc(OC(C)OCCc2ccccc2)c1. The number of hydrogen-bond acceptors (Lipinski definition) is 11. The summed E-state index contributed by atoms with van der Waals surface area (Å²) in [6.45, 7) is 4.36. The largest absolute Gasteiger partial charge is 0.465 e. The van der Waals surface area contributed by atoms with Crippen molar-refractivity contribution >= 4 is 22.2 Å². The third kappa shape index (κ3) is 12.6. The number of ether oxygens (including phenoxy) is 4. The fourth-order valence-electron chi connectivity index (χ4n) is 3.45. The van der Waals surface area contributed by atoms with E-state index >= 15 is 0 Å². The van der Waals surface area contributed by atoms with E-state index in [1.165, 1.54) is 19.2 Å². The van der Waals surface area contributed by atoms with Crippen LogP contribution in [0.3, 0.4) is 0 Å². The first kappa shape index (κ1) is 31.7. The standard InChI is InChI=1S/C28H34O10S2/c1-22(32-16-14-24-10-6-4-7-11-24)34-26-18-27(35-23(2)33-17-15-25-12-8-5-9-13-25)20-28(19-26)36-40(29,30)21-39-38-37-31-3/h4-13,18-20,22-23H,14-17,21H2,1-3H3. The third-order valence-corrected chi connectivity index (χ3v) is 7.33. The summed E-state index contributed by atoms with van der Waals surface area (Å²) < 4.78 is 58.0. The van der Waals surface area contributed by atoms with E-state index in [2.05, 4.69) is 14.3 Å². The van der Waals surface area contributed by atoms with Crippen LogP contribution >= 0.6 is 12.0 Å². The van der Waals surface area contributed by atoms with Crippen LogP contribution < -0.4 is 13.7 Å². The van der Waals surface area contributed by atoms with Crippen molar-refractivity contribution in [3.05, 3.63) is 90.0 Å². The molecule has 3 rings (SSSR count). The lowest BCUT2D eigenvalue weighted by molar-refractivity contribution is -0.447. The van der Waals surface area contributed by atoms with E-state index < -0.39 is 27.8 Å². The Hall–Kier alpha value is -2.84. The summed E-state index contributed by atoms with van der Waals surface area (Å²) in [4.78, 5) is 4.25. The number of rotatable bonds is 19. The fraction of sp³-hybridized carbons (Fsp3) is 0.357. The van der Waals surface area contributed by atoms with Crippen LogP contribution in [0.5, 0.6) is 17.2 Å². The minimum Gasteiger partial charge on any atom is -0.465 e. The van der Waals surface area contributed by atoms with Gasteiger partial charge in [0.15, 0.2) is 17.7 Å². The molecule has 10 nitrogen and oxygen atoms in total. The Balaban J connectivity index is 1.62. The molecule has 2 atom stereocenters. The average Bonchev–Trinajstić information content (AvgIpc) is 2.92. The predicted molar refractivity (Wildman–Crippen MR) is 150 cm³/mol. The average molecular weight is 595 g/mol. The van der Waals surface area contributed by atoms with Gasteiger partial charge in [0.1, 0.15) is 17.2 Å². The fourth-order valence-corrected chi connectivity index (χ4v) is 4.76. The van der Waals surface area contributed by atoms with Crippen LogP contribution in [-0.2, 0) is 46.7 Å². The highest BCUT2D eigenvalue weighted by atomic mass is 32.3. The first-order chi connectivity index (χ1) is 19.3. The second-order valence-electron chi connectivity index (χ2n) is 8.40. The molecule has 0 N–H and O–H groups in total. The Bertz CT molecular complexity index is 1150. The summed E-state index contributed by atoms with van der Waals surface area (Å²) in [6, 6.07) is 24.4. The molecule has 3 aromatic carbocycles. The Morgan fingerprint density at radius 1 is 0.725 bits per heavy atom. The molecule has 218 valence electrons. The van der Waals surface area contributed by atoms with Crippen molar-refractivity contribution in [2.45, 2.75) is 39.3 Å². The Labute approximate surface area is 239 Å². The second-order valence-corrected chi connectivity index (χ2v) is 11.0. The second kappa shape index (κ2) is 17.1. The van der Waals surface area contributed by atoms with Crippen LogP contribution in [0, 0.1) is 0 Å². The van der Waals surface area contributed by atoms with Gasteiger partial charge in [-0.05, 0) is 37.8 Å². The highest BCUT2D eigenvalue weighted by Gasteiger charge is 2.18. The van der Waals surface area contributed by atoms with Gasteiger partial charge in [-0.2, -0.15) is 8.42 Å². The van der Waals surface area contributed by atoms with E-state index in [4.69, 9.17) is 23.1 Å². The molecule has 0 amide bonds. The third-order valence-electron chi connectivity index (χ3n) is 5.19. The summed E-state index contributed by atoms with van der Waals surface area (Å²) in [5.41, 5.74) is 2.29. The minimum atomic E-state index is -4.07. The van der Waals surface area contributed by atoms with Crippen LogP contribution in [0.2, 0.25) is 0 Å². The van der Waals surface area contributed by atoms with Crippen molar-refractivity contribution in [2.24, 2.45) is 0 Å². The molecule has 0 spiro atoms. The van der Waals surface area contributed by atoms with Gasteiger partial charge in [0.05, 0.1) is 32.4 Å². The van der Waals surface area contributed by atoms with E-state index in [0.29, 0.717) is 38.1 Å². The van der Waals surface area contributed by atoms with Crippen molar-refractivity contribution in [3.63, 3.8) is 0 Å². The van der Waals surface area contributed by atoms with E-state index in [1.807, 2.05) is 60.7 Å². The lowest BCUT2D eigenvalue weighted by Crippen LogP contribution is -2.19. The van der Waals surface area contributed by atoms with E-state index in [1.54, 1.807) is 19.9 Å². The quantitative estimate of drug-likeness (QED) is 0.0440. The predicted octanol–water partition coefficient (Wildman–Crippen LogP) is 5.48. The highest BCUT2D eigenvalue weighted by molar-refractivity contribution is 8.08. The molecule has 0 aromatic heterocycles. The Kier molecular flexibility index (Phi) is 13.5. The summed E-state index contributed by atoms with van der Waals surface area (Å²) in [6.07, 6.45) is 0.180. The smallest absolute Gasteiger partial charge is 0.321 e. The van der Waals surface area contributed by atoms with Crippen LogP contribution in [-0.4, -0.2) is 46.4 Å². The Morgan fingerprint density at radius 2 is 1.20 bits per heavy atom. The zero-order valence-electron chi connectivity index (χ0n) is 22.6. The summed E-state index contributed by atoms with van der Waals surface area (Å²) in [5.74, 6) is 0.560. The highest BCUT2D eigenvalue weighted by Crippen LogP contribution is 2.31. The topological polar surface area (TPSA) is 108 Å². The monoisotopic (exact) mass is 594 g/mol. The normalized spacial score (nSPS) is 13.0. The van der Waals surface area contributed by atoms with Crippen molar-refractivity contribution < 1.29 is 45.8 Å². The maximum atomic E-state index is 12.4. The van der Waals surface area contributed by atoms with E-state index in [9.17, 15) is 8.42 Å². The molecule has 0 fully saturated rings. The maximum Gasteiger partial charge on any atom is 0.321 e. The lowest BCUT2D eigenvalue weighted by atomic mass is 10.2. The molecule has 0 saturated carbocycles. The first-order valence-electron chi connectivity index (χ1n) is 12.5. The molecule has 0 radical (unpaired) electrons. The Morgan fingerprint density at radius 3 is 1.68 bits per heavy atom. The van der Waals surface area contributed by atoms with Gasteiger partial charge in [0.2, 0.25) is 0 Å². The molecule has 3 aromatic rings. The van der Waals surface area contributed by atoms with Gasteiger partial charge in [0, 0.05) is 18.2 Å². The summed E-state index contributed by atoms with van der Waals surface area (Å²) >= 11 is 0.485. The van der Waals surface area contributed by atoms with Crippen LogP contribution in [0.25, 0.3) is 0 Å². The molecular formula is C28H34O10S2. The molecular weight excluding hydrogens is 560 g/mol. The molecule has 0 bridgehead atoms. The summed E-state index contributed by atoms with van der Waals surface area (Å²) in [7, 11) is -2.85. The van der Waals surface area contributed by atoms with Crippen molar-refractivity contribution in [3.8, 4) is 17.2 Å². The molecule has 0 aliphatic rings. The van der Waals surface area contributed by atoms with Gasteiger partial charge in [-0.25, -0.2) is 4.89 Å². The van der Waals surface area contributed by atoms with Gasteiger partial charge in [-0.3, -0.25) is 0 Å². The van der Waals surface area contributed by atoms with Gasteiger partial charge >= 0.3 is 10.1 Å². The molecule has 0 aliphatic carbocycles. The van der Waals surface area contributed by atoms with Gasteiger partial charge in [0.25, 0.3) is 0 Å². The van der Waals surface area contributed by atoms with Gasteiger partial charge in [-0.1, -0.05) is 65.7 Å². The van der Waals surface area contributed by atoms with Crippen molar-refractivity contribution in [1.82, 2.24) is 0 Å². The maximum absolute atomic E-state index is 12.4. The van der Waals surface area contributed by atoms with Crippen LogP contribution in [0.15, 0.2) is 78.9 Å². The lowest BCUT2D eigenvalue weighted by Gasteiger charge is -2.19. The molecule has 40 heavy (non-hydrogen) atoms. The molecule has 12 heteroatoms.